The molecule has 0 aliphatic rings. The van der Waals surface area contributed by atoms with Gasteiger partial charge in [-0.2, -0.15) is 0 Å². The monoisotopic (exact) mass is 579 g/mol. The standard InChI is InChI=1S/C27H28Cl2FN3O4S/c1-3-15-31-27(35)19(2)32(17-20-13-14-22(28)23(29)16-20)26(34)18-33(25-12-8-7-11-24(25)30)38(36,37)21-9-5-4-6-10-21/h4-14,16,19H,3,15,17-18H2,1-2H3,(H,31,35)/t19-/m0/s1. The maximum Gasteiger partial charge on any atom is 0.264 e. The lowest BCUT2D eigenvalue weighted by molar-refractivity contribution is -0.139. The van der Waals surface area contributed by atoms with Crippen molar-refractivity contribution in [1.82, 2.24) is 10.2 Å². The third-order valence-corrected chi connectivity index (χ3v) is 8.30. The summed E-state index contributed by atoms with van der Waals surface area (Å²) in [5.74, 6) is -1.94. The average Bonchev–Trinajstić information content (AvgIpc) is 2.91. The van der Waals surface area contributed by atoms with E-state index in [4.69, 9.17) is 23.2 Å². The number of nitrogens with one attached hydrogen (secondary N) is 1. The van der Waals surface area contributed by atoms with Crippen molar-refractivity contribution in [2.75, 3.05) is 17.4 Å². The van der Waals surface area contributed by atoms with Crippen molar-refractivity contribution in [2.24, 2.45) is 0 Å². The summed E-state index contributed by atoms with van der Waals surface area (Å²) in [7, 11) is -4.34. The van der Waals surface area contributed by atoms with Gasteiger partial charge in [0.05, 0.1) is 20.6 Å². The summed E-state index contributed by atoms with van der Waals surface area (Å²) in [5, 5.41) is 3.34. The second-order valence-electron chi connectivity index (χ2n) is 8.51. The van der Waals surface area contributed by atoms with E-state index in [9.17, 15) is 22.4 Å². The summed E-state index contributed by atoms with van der Waals surface area (Å²) < 4.78 is 42.8. The Bertz CT molecular complexity index is 1390. The maximum atomic E-state index is 14.9. The molecule has 0 aliphatic carbocycles. The van der Waals surface area contributed by atoms with Crippen LogP contribution < -0.4 is 9.62 Å². The minimum Gasteiger partial charge on any atom is -0.354 e. The first-order valence-electron chi connectivity index (χ1n) is 11.9. The molecule has 11 heteroatoms. The van der Waals surface area contributed by atoms with Crippen molar-refractivity contribution in [3.63, 3.8) is 0 Å². The Morgan fingerprint density at radius 1 is 0.974 bits per heavy atom. The first-order valence-corrected chi connectivity index (χ1v) is 14.1. The van der Waals surface area contributed by atoms with Gasteiger partial charge in [-0.15, -0.1) is 0 Å². The van der Waals surface area contributed by atoms with E-state index in [1.807, 2.05) is 6.92 Å². The van der Waals surface area contributed by atoms with Crippen molar-refractivity contribution in [1.29, 1.82) is 0 Å². The minimum absolute atomic E-state index is 0.0626. The van der Waals surface area contributed by atoms with Crippen molar-refractivity contribution >= 4 is 50.7 Å². The third kappa shape index (κ3) is 7.03. The van der Waals surface area contributed by atoms with Crippen molar-refractivity contribution in [3.05, 3.63) is 94.2 Å². The zero-order chi connectivity index (χ0) is 27.9. The predicted octanol–water partition coefficient (Wildman–Crippen LogP) is 5.27. The van der Waals surface area contributed by atoms with Gasteiger partial charge in [-0.1, -0.05) is 66.5 Å². The van der Waals surface area contributed by atoms with Crippen LogP contribution in [0.15, 0.2) is 77.7 Å². The molecule has 3 rings (SSSR count). The summed E-state index contributed by atoms with van der Waals surface area (Å²) in [6.07, 6.45) is 0.690. The van der Waals surface area contributed by atoms with Gasteiger partial charge in [0.1, 0.15) is 18.4 Å². The Labute approximate surface area is 232 Å². The van der Waals surface area contributed by atoms with Gasteiger partial charge in [-0.25, -0.2) is 12.8 Å². The van der Waals surface area contributed by atoms with Crippen molar-refractivity contribution in [2.45, 2.75) is 37.8 Å². The molecule has 0 aliphatic heterocycles. The molecule has 0 saturated heterocycles. The number of rotatable bonds is 11. The fourth-order valence-corrected chi connectivity index (χ4v) is 5.46. The van der Waals surface area contributed by atoms with E-state index in [2.05, 4.69) is 5.32 Å². The van der Waals surface area contributed by atoms with Gasteiger partial charge in [0.25, 0.3) is 10.0 Å². The number of hydrogen-bond donors (Lipinski definition) is 1. The van der Waals surface area contributed by atoms with E-state index >= 15 is 0 Å². The van der Waals surface area contributed by atoms with Crippen LogP contribution in [-0.2, 0) is 26.2 Å². The van der Waals surface area contributed by atoms with E-state index in [0.29, 0.717) is 23.6 Å². The molecule has 0 spiro atoms. The largest absolute Gasteiger partial charge is 0.354 e. The molecule has 0 unspecified atom stereocenters. The number of benzene rings is 3. The van der Waals surface area contributed by atoms with Crippen LogP contribution >= 0.6 is 23.2 Å². The zero-order valence-electron chi connectivity index (χ0n) is 20.9. The third-order valence-electron chi connectivity index (χ3n) is 5.78. The number of hydrogen-bond acceptors (Lipinski definition) is 4. The number of para-hydroxylation sites is 1. The summed E-state index contributed by atoms with van der Waals surface area (Å²) >= 11 is 12.2. The van der Waals surface area contributed by atoms with Crippen LogP contribution in [0.5, 0.6) is 0 Å². The second kappa shape index (κ2) is 13.1. The van der Waals surface area contributed by atoms with Crippen LogP contribution in [0.25, 0.3) is 0 Å². The summed E-state index contributed by atoms with van der Waals surface area (Å²) in [4.78, 5) is 27.7. The maximum absolute atomic E-state index is 14.9. The van der Waals surface area contributed by atoms with E-state index < -0.39 is 40.2 Å². The van der Waals surface area contributed by atoms with Crippen LogP contribution in [-0.4, -0.2) is 44.3 Å². The Kier molecular flexibility index (Phi) is 10.1. The number of anilines is 1. The Balaban J connectivity index is 2.03. The average molecular weight is 581 g/mol. The van der Waals surface area contributed by atoms with Crippen molar-refractivity contribution in [3.8, 4) is 0 Å². The molecule has 0 radical (unpaired) electrons. The molecule has 0 bridgehead atoms. The molecule has 1 N–H and O–H groups in total. The zero-order valence-corrected chi connectivity index (χ0v) is 23.2. The van der Waals surface area contributed by atoms with Gasteiger partial charge >= 0.3 is 0 Å². The highest BCUT2D eigenvalue weighted by Gasteiger charge is 2.33. The smallest absolute Gasteiger partial charge is 0.264 e. The number of carbonyl (C=O) groups is 2. The molecule has 1 atom stereocenters. The lowest BCUT2D eigenvalue weighted by Crippen LogP contribution is -2.51. The first kappa shape index (κ1) is 29.4. The lowest BCUT2D eigenvalue weighted by Gasteiger charge is -2.32. The molecule has 38 heavy (non-hydrogen) atoms. The van der Waals surface area contributed by atoms with Crippen LogP contribution in [0.3, 0.4) is 0 Å². The molecule has 2 amide bonds. The molecule has 3 aromatic carbocycles. The number of halogens is 3. The van der Waals surface area contributed by atoms with Crippen LogP contribution in [0.4, 0.5) is 10.1 Å². The molecule has 0 fully saturated rings. The molecule has 0 aromatic heterocycles. The highest BCUT2D eigenvalue weighted by molar-refractivity contribution is 7.92. The number of amides is 2. The fraction of sp³-hybridized carbons (Fsp3) is 0.259. The lowest BCUT2D eigenvalue weighted by atomic mass is 10.1. The Hall–Kier alpha value is -3.14. The second-order valence-corrected chi connectivity index (χ2v) is 11.2. The van der Waals surface area contributed by atoms with Gasteiger partial charge in [0.15, 0.2) is 0 Å². The Morgan fingerprint density at radius 2 is 1.63 bits per heavy atom. The van der Waals surface area contributed by atoms with Gasteiger partial charge in [0.2, 0.25) is 11.8 Å². The van der Waals surface area contributed by atoms with Gasteiger partial charge in [0, 0.05) is 13.1 Å². The SMILES string of the molecule is CCCNC(=O)[C@H](C)N(Cc1ccc(Cl)c(Cl)c1)C(=O)CN(c1ccccc1F)S(=O)(=O)c1ccccc1. The number of nitrogens with zero attached hydrogens (tertiary/aromatic N) is 2. The van der Waals surface area contributed by atoms with Gasteiger partial charge in [-0.05, 0) is 55.3 Å². The molecule has 202 valence electrons. The van der Waals surface area contributed by atoms with E-state index in [0.717, 1.165) is 10.4 Å². The molecular formula is C27H28Cl2FN3O4S. The topological polar surface area (TPSA) is 86.8 Å². The Morgan fingerprint density at radius 3 is 2.26 bits per heavy atom. The molecule has 7 nitrogen and oxygen atoms in total. The van der Waals surface area contributed by atoms with Crippen LogP contribution in [0.2, 0.25) is 10.0 Å². The van der Waals surface area contributed by atoms with E-state index in [-0.39, 0.29) is 22.2 Å². The van der Waals surface area contributed by atoms with Crippen LogP contribution in [0, 0.1) is 5.82 Å². The van der Waals surface area contributed by atoms with Crippen molar-refractivity contribution < 1.29 is 22.4 Å². The highest BCUT2D eigenvalue weighted by atomic mass is 35.5. The van der Waals surface area contributed by atoms with Crippen LogP contribution in [0.1, 0.15) is 25.8 Å². The van der Waals surface area contributed by atoms with E-state index in [1.165, 1.54) is 47.4 Å². The molecule has 3 aromatic rings. The van der Waals surface area contributed by atoms with E-state index in [1.54, 1.807) is 31.2 Å². The molecule has 0 heterocycles. The van der Waals surface area contributed by atoms with Gasteiger partial charge in [-0.3, -0.25) is 13.9 Å². The summed E-state index contributed by atoms with van der Waals surface area (Å²) in [6, 6.07) is 16.5. The number of carbonyl (C=O) groups excluding carboxylic acids is 2. The molecule has 0 saturated carbocycles. The first-order chi connectivity index (χ1) is 18.1. The van der Waals surface area contributed by atoms with Gasteiger partial charge < -0.3 is 10.2 Å². The minimum atomic E-state index is -4.34. The number of sulfonamides is 1. The fourth-order valence-electron chi connectivity index (χ4n) is 3.70. The molecular weight excluding hydrogens is 552 g/mol. The predicted molar refractivity (Wildman–Crippen MR) is 147 cm³/mol. The highest BCUT2D eigenvalue weighted by Crippen LogP contribution is 2.27. The summed E-state index contributed by atoms with van der Waals surface area (Å²) in [6.45, 7) is 3.03. The normalized spacial score (nSPS) is 12.0. The summed E-state index contributed by atoms with van der Waals surface area (Å²) in [5.41, 5.74) is 0.286. The quantitative estimate of drug-likeness (QED) is 0.335.